The number of nitrogens with one attached hydrogen (secondary N) is 1. The maximum absolute atomic E-state index is 13.5. The summed E-state index contributed by atoms with van der Waals surface area (Å²) in [6, 6.07) is 8.88. The van der Waals surface area contributed by atoms with Crippen LogP contribution in [0, 0.1) is 23.2 Å². The van der Waals surface area contributed by atoms with Crippen molar-refractivity contribution in [2.45, 2.75) is 71.4 Å². The zero-order valence-corrected chi connectivity index (χ0v) is 17.9. The number of benzene rings is 1. The fourth-order valence-corrected chi connectivity index (χ4v) is 7.98. The number of aromatic amines is 1. The molecule has 152 valence electrons. The Labute approximate surface area is 173 Å². The normalized spacial score (nSPS) is 37.2. The summed E-state index contributed by atoms with van der Waals surface area (Å²) in [5.41, 5.74) is 4.95. The van der Waals surface area contributed by atoms with E-state index in [-0.39, 0.29) is 11.9 Å². The lowest BCUT2D eigenvalue weighted by Gasteiger charge is -2.60. The van der Waals surface area contributed by atoms with Crippen molar-refractivity contribution in [1.29, 1.82) is 0 Å². The maximum atomic E-state index is 13.5. The number of para-hydroxylation sites is 1. The van der Waals surface area contributed by atoms with Crippen LogP contribution in [0.5, 0.6) is 0 Å². The Morgan fingerprint density at radius 1 is 1.03 bits per heavy atom. The van der Waals surface area contributed by atoms with E-state index >= 15 is 0 Å². The molecule has 7 rings (SSSR count). The summed E-state index contributed by atoms with van der Waals surface area (Å²) >= 11 is 0. The summed E-state index contributed by atoms with van der Waals surface area (Å²) in [6.45, 7) is 6.58. The number of carbonyl (C=O) groups is 1. The first-order valence-corrected chi connectivity index (χ1v) is 11.5. The van der Waals surface area contributed by atoms with E-state index < -0.39 is 0 Å². The molecule has 1 aliphatic heterocycles. The van der Waals surface area contributed by atoms with Crippen LogP contribution in [0.25, 0.3) is 10.9 Å². The van der Waals surface area contributed by atoms with Gasteiger partial charge in [-0.1, -0.05) is 18.2 Å². The van der Waals surface area contributed by atoms with Gasteiger partial charge in [0.05, 0.1) is 6.04 Å². The standard InChI is InChI=1S/C26H32N2O/c1-15-16(2)25(29)28(24(15)22-14-27-23-7-5-4-6-21(22)23)17(3)26-11-18-8-19(12-26)10-20(9-18)13-26/h4-7,14,17-20,24,27H,8-13H2,1-3H3/t17-,18?,19?,20?,24-,26?/m0/s1. The molecule has 4 saturated carbocycles. The number of amides is 1. The highest BCUT2D eigenvalue weighted by molar-refractivity contribution is 5.98. The predicted molar refractivity (Wildman–Crippen MR) is 116 cm³/mol. The summed E-state index contributed by atoms with van der Waals surface area (Å²) in [7, 11) is 0. The van der Waals surface area contributed by atoms with Crippen LogP contribution in [-0.4, -0.2) is 21.8 Å². The molecule has 2 atom stereocenters. The Balaban J connectivity index is 1.43. The molecule has 3 heteroatoms. The van der Waals surface area contributed by atoms with Crippen molar-refractivity contribution in [3.63, 3.8) is 0 Å². The van der Waals surface area contributed by atoms with Crippen molar-refractivity contribution >= 4 is 16.8 Å². The van der Waals surface area contributed by atoms with E-state index in [0.717, 1.165) is 28.8 Å². The van der Waals surface area contributed by atoms with E-state index in [2.05, 4.69) is 54.2 Å². The molecule has 0 unspecified atom stereocenters. The number of fused-ring (bicyclic) bond motifs is 1. The number of hydrogen-bond donors (Lipinski definition) is 1. The SMILES string of the molecule is CC1=C(C)[C@@H](c2c[nH]c3ccccc23)N([C@@H](C)C23CC4CC(CC(C4)C2)C3)C1=O. The molecule has 4 fully saturated rings. The Hall–Kier alpha value is -2.03. The monoisotopic (exact) mass is 388 g/mol. The molecule has 3 nitrogen and oxygen atoms in total. The van der Waals surface area contributed by atoms with Gasteiger partial charge in [0.25, 0.3) is 5.91 Å². The zero-order chi connectivity index (χ0) is 19.9. The van der Waals surface area contributed by atoms with Crippen LogP contribution in [0.3, 0.4) is 0 Å². The van der Waals surface area contributed by atoms with Crippen LogP contribution in [0.4, 0.5) is 0 Å². The molecule has 1 aromatic heterocycles. The summed E-state index contributed by atoms with van der Waals surface area (Å²) in [5.74, 6) is 2.98. The third-order valence-electron chi connectivity index (χ3n) is 9.14. The average molecular weight is 389 g/mol. The Kier molecular flexibility index (Phi) is 3.68. The highest BCUT2D eigenvalue weighted by Gasteiger charge is 2.56. The summed E-state index contributed by atoms with van der Waals surface area (Å²) in [6.07, 6.45) is 10.5. The summed E-state index contributed by atoms with van der Waals surface area (Å²) in [4.78, 5) is 19.3. The molecule has 2 heterocycles. The Morgan fingerprint density at radius 2 is 1.66 bits per heavy atom. The molecule has 0 radical (unpaired) electrons. The van der Waals surface area contributed by atoms with Crippen molar-refractivity contribution in [2.24, 2.45) is 23.2 Å². The third-order valence-corrected chi connectivity index (χ3v) is 9.14. The molecular formula is C26H32N2O. The van der Waals surface area contributed by atoms with Gasteiger partial charge in [-0.05, 0) is 94.1 Å². The maximum Gasteiger partial charge on any atom is 0.250 e. The van der Waals surface area contributed by atoms with Gasteiger partial charge in [0.15, 0.2) is 0 Å². The molecule has 0 spiro atoms. The second-order valence-corrected chi connectivity index (χ2v) is 10.7. The van der Waals surface area contributed by atoms with Crippen LogP contribution in [0.2, 0.25) is 0 Å². The van der Waals surface area contributed by atoms with Gasteiger partial charge in [0.1, 0.15) is 0 Å². The smallest absolute Gasteiger partial charge is 0.250 e. The van der Waals surface area contributed by atoms with Gasteiger partial charge in [-0.15, -0.1) is 0 Å². The fourth-order valence-electron chi connectivity index (χ4n) is 7.98. The van der Waals surface area contributed by atoms with Gasteiger partial charge in [-0.25, -0.2) is 0 Å². The van der Waals surface area contributed by atoms with Gasteiger partial charge < -0.3 is 9.88 Å². The van der Waals surface area contributed by atoms with Crippen LogP contribution in [0.1, 0.15) is 70.9 Å². The van der Waals surface area contributed by atoms with Crippen molar-refractivity contribution in [3.05, 3.63) is 47.2 Å². The lowest BCUT2D eigenvalue weighted by atomic mass is 9.47. The summed E-state index contributed by atoms with van der Waals surface area (Å²) in [5, 5.41) is 1.25. The minimum absolute atomic E-state index is 0.0710. The fraction of sp³-hybridized carbons (Fsp3) is 0.577. The van der Waals surface area contributed by atoms with Crippen molar-refractivity contribution in [1.82, 2.24) is 9.88 Å². The number of H-pyrrole nitrogens is 1. The average Bonchev–Trinajstić information content (AvgIpc) is 3.21. The molecule has 29 heavy (non-hydrogen) atoms. The number of hydrogen-bond acceptors (Lipinski definition) is 1. The van der Waals surface area contributed by atoms with Gasteiger partial charge in [0.2, 0.25) is 0 Å². The topological polar surface area (TPSA) is 36.1 Å². The van der Waals surface area contributed by atoms with Crippen LogP contribution < -0.4 is 0 Å². The lowest BCUT2D eigenvalue weighted by Crippen LogP contribution is -2.56. The van der Waals surface area contributed by atoms with Crippen molar-refractivity contribution in [2.75, 3.05) is 0 Å². The minimum Gasteiger partial charge on any atom is -0.361 e. The van der Waals surface area contributed by atoms with E-state index in [9.17, 15) is 4.79 Å². The van der Waals surface area contributed by atoms with Gasteiger partial charge in [0, 0.05) is 34.3 Å². The number of rotatable bonds is 3. The Morgan fingerprint density at radius 3 is 2.31 bits per heavy atom. The van der Waals surface area contributed by atoms with Crippen LogP contribution >= 0.6 is 0 Å². The Bertz CT molecular complexity index is 993. The molecule has 0 saturated heterocycles. The van der Waals surface area contributed by atoms with Crippen LogP contribution in [0.15, 0.2) is 41.6 Å². The zero-order valence-electron chi connectivity index (χ0n) is 17.9. The lowest BCUT2D eigenvalue weighted by molar-refractivity contribution is -0.142. The third kappa shape index (κ3) is 2.39. The molecule has 5 aliphatic rings. The predicted octanol–water partition coefficient (Wildman–Crippen LogP) is 5.99. The van der Waals surface area contributed by atoms with E-state index in [1.165, 1.54) is 55.0 Å². The molecule has 1 amide bonds. The van der Waals surface area contributed by atoms with Gasteiger partial charge in [-0.2, -0.15) is 0 Å². The number of aromatic nitrogens is 1. The van der Waals surface area contributed by atoms with Gasteiger partial charge in [-0.3, -0.25) is 4.79 Å². The molecular weight excluding hydrogens is 356 g/mol. The molecule has 1 N–H and O–H groups in total. The quantitative estimate of drug-likeness (QED) is 0.688. The number of carbonyl (C=O) groups excluding carboxylic acids is 1. The minimum atomic E-state index is 0.0710. The first kappa shape index (κ1) is 17.8. The van der Waals surface area contributed by atoms with Crippen molar-refractivity contribution < 1.29 is 4.79 Å². The van der Waals surface area contributed by atoms with E-state index in [1.807, 2.05) is 6.92 Å². The summed E-state index contributed by atoms with van der Waals surface area (Å²) < 4.78 is 0. The van der Waals surface area contributed by atoms with Crippen LogP contribution in [-0.2, 0) is 4.79 Å². The molecule has 4 bridgehead atoms. The van der Waals surface area contributed by atoms with E-state index in [0.29, 0.717) is 11.5 Å². The first-order valence-electron chi connectivity index (χ1n) is 11.5. The molecule has 4 aliphatic carbocycles. The molecule has 2 aromatic rings. The highest BCUT2D eigenvalue weighted by Crippen LogP contribution is 2.63. The largest absolute Gasteiger partial charge is 0.361 e. The van der Waals surface area contributed by atoms with Gasteiger partial charge >= 0.3 is 0 Å². The second kappa shape index (κ2) is 6.00. The second-order valence-electron chi connectivity index (χ2n) is 10.7. The first-order chi connectivity index (χ1) is 14.0. The number of nitrogens with zero attached hydrogens (tertiary/aromatic N) is 1. The van der Waals surface area contributed by atoms with Crippen molar-refractivity contribution in [3.8, 4) is 0 Å². The van der Waals surface area contributed by atoms with E-state index in [1.54, 1.807) is 0 Å². The highest BCUT2D eigenvalue weighted by atomic mass is 16.2. The molecule has 1 aromatic carbocycles. The van der Waals surface area contributed by atoms with E-state index in [4.69, 9.17) is 0 Å².